The summed E-state index contributed by atoms with van der Waals surface area (Å²) in [6.45, 7) is 1.94. The molecule has 1 aliphatic rings. The predicted molar refractivity (Wildman–Crippen MR) is 95.4 cm³/mol. The Morgan fingerprint density at radius 2 is 1.65 bits per heavy atom. The number of nitrogens with zero attached hydrogens (tertiary/aromatic N) is 4. The molecule has 7 nitrogen and oxygen atoms in total. The molecular formula is C19H18N4O3. The monoisotopic (exact) mass is 350 g/mol. The molecule has 7 heteroatoms. The van der Waals surface area contributed by atoms with Gasteiger partial charge in [0.1, 0.15) is 11.6 Å². The van der Waals surface area contributed by atoms with Gasteiger partial charge in [-0.05, 0) is 11.6 Å². The van der Waals surface area contributed by atoms with Crippen LogP contribution in [0.15, 0.2) is 54.6 Å². The van der Waals surface area contributed by atoms with Gasteiger partial charge in [0, 0.05) is 32.2 Å². The summed E-state index contributed by atoms with van der Waals surface area (Å²) >= 11 is 0. The van der Waals surface area contributed by atoms with Gasteiger partial charge in [-0.25, -0.2) is 0 Å². The minimum absolute atomic E-state index is 0.103. The predicted octanol–water partition coefficient (Wildman–Crippen LogP) is 2.62. The average Bonchev–Trinajstić information content (AvgIpc) is 2.69. The Hall–Kier alpha value is -3.24. The van der Waals surface area contributed by atoms with E-state index < -0.39 is 4.92 Å². The van der Waals surface area contributed by atoms with Crippen LogP contribution in [0.5, 0.6) is 0 Å². The van der Waals surface area contributed by atoms with E-state index in [2.05, 4.69) is 6.07 Å². The lowest BCUT2D eigenvalue weighted by atomic mass is 10.1. The van der Waals surface area contributed by atoms with Crippen LogP contribution in [-0.2, 0) is 0 Å². The van der Waals surface area contributed by atoms with Crippen LogP contribution in [-0.4, -0.2) is 46.8 Å². The maximum atomic E-state index is 12.7. The molecule has 3 rings (SSSR count). The Kier molecular flexibility index (Phi) is 5.25. The number of para-hydroxylation sites is 1. The van der Waals surface area contributed by atoms with Crippen molar-refractivity contribution < 1.29 is 9.72 Å². The minimum Gasteiger partial charge on any atom is -0.336 e. The van der Waals surface area contributed by atoms with Crippen molar-refractivity contribution >= 4 is 11.6 Å². The molecule has 0 aliphatic carbocycles. The molecule has 26 heavy (non-hydrogen) atoms. The molecule has 1 atom stereocenters. The van der Waals surface area contributed by atoms with Crippen LogP contribution < -0.4 is 0 Å². The molecule has 1 fully saturated rings. The van der Waals surface area contributed by atoms with Gasteiger partial charge < -0.3 is 4.90 Å². The fourth-order valence-corrected chi connectivity index (χ4v) is 3.17. The molecule has 1 heterocycles. The van der Waals surface area contributed by atoms with Crippen LogP contribution >= 0.6 is 0 Å². The highest BCUT2D eigenvalue weighted by molar-refractivity contribution is 5.98. The highest BCUT2D eigenvalue weighted by Crippen LogP contribution is 2.24. The summed E-state index contributed by atoms with van der Waals surface area (Å²) in [5, 5.41) is 20.7. The molecule has 1 aliphatic heterocycles. The van der Waals surface area contributed by atoms with Crippen molar-refractivity contribution in [3.63, 3.8) is 0 Å². The molecule has 2 aromatic rings. The normalized spacial score (nSPS) is 15.9. The van der Waals surface area contributed by atoms with Crippen molar-refractivity contribution in [3.05, 3.63) is 75.8 Å². The molecule has 0 saturated carbocycles. The Morgan fingerprint density at radius 3 is 2.27 bits per heavy atom. The first kappa shape index (κ1) is 17.6. The summed E-state index contributed by atoms with van der Waals surface area (Å²) in [6.07, 6.45) is 0. The van der Waals surface area contributed by atoms with E-state index in [1.807, 2.05) is 35.2 Å². The molecule has 132 valence electrons. The number of hydrogen-bond donors (Lipinski definition) is 0. The summed E-state index contributed by atoms with van der Waals surface area (Å²) in [7, 11) is 0. The van der Waals surface area contributed by atoms with Gasteiger partial charge in [-0.1, -0.05) is 42.5 Å². The summed E-state index contributed by atoms with van der Waals surface area (Å²) in [5.74, 6) is -0.342. The van der Waals surface area contributed by atoms with Crippen LogP contribution in [0.3, 0.4) is 0 Å². The standard InChI is InChI=1S/C19H18N4O3/c20-14-18(15-6-2-1-3-7-15)21-10-12-22(13-11-21)19(24)16-8-4-5-9-17(16)23(25)26/h1-9,18H,10-13H2. The van der Waals surface area contributed by atoms with Crippen LogP contribution in [0.25, 0.3) is 0 Å². The number of carbonyl (C=O) groups excluding carboxylic acids is 1. The van der Waals surface area contributed by atoms with E-state index in [0.717, 1.165) is 5.56 Å². The molecule has 0 N–H and O–H groups in total. The number of carbonyl (C=O) groups is 1. The van der Waals surface area contributed by atoms with Crippen molar-refractivity contribution in [2.45, 2.75) is 6.04 Å². The van der Waals surface area contributed by atoms with E-state index in [9.17, 15) is 20.2 Å². The number of hydrogen-bond acceptors (Lipinski definition) is 5. The fraction of sp³-hybridized carbons (Fsp3) is 0.263. The van der Waals surface area contributed by atoms with Crippen molar-refractivity contribution in [3.8, 4) is 6.07 Å². The quantitative estimate of drug-likeness (QED) is 0.624. The Morgan fingerprint density at radius 1 is 1.04 bits per heavy atom. The molecule has 1 saturated heterocycles. The third-order valence-electron chi connectivity index (χ3n) is 4.54. The van der Waals surface area contributed by atoms with E-state index in [1.54, 1.807) is 17.0 Å². The molecule has 0 bridgehead atoms. The van der Waals surface area contributed by atoms with Crippen molar-refractivity contribution in [1.29, 1.82) is 5.26 Å². The number of rotatable bonds is 4. The number of piperazine rings is 1. The van der Waals surface area contributed by atoms with Crippen LogP contribution in [0.2, 0.25) is 0 Å². The molecule has 0 aromatic heterocycles. The smallest absolute Gasteiger partial charge is 0.282 e. The number of amides is 1. The number of nitriles is 1. The summed E-state index contributed by atoms with van der Waals surface area (Å²) in [4.78, 5) is 26.9. The lowest BCUT2D eigenvalue weighted by Gasteiger charge is -2.37. The van der Waals surface area contributed by atoms with Gasteiger partial charge in [0.15, 0.2) is 0 Å². The Labute approximate surface area is 151 Å². The van der Waals surface area contributed by atoms with Crippen molar-refractivity contribution in [2.24, 2.45) is 0 Å². The van der Waals surface area contributed by atoms with E-state index in [-0.39, 0.29) is 23.2 Å². The van der Waals surface area contributed by atoms with Gasteiger partial charge in [0.25, 0.3) is 11.6 Å². The van der Waals surface area contributed by atoms with E-state index >= 15 is 0 Å². The van der Waals surface area contributed by atoms with Crippen molar-refractivity contribution in [1.82, 2.24) is 9.80 Å². The first-order valence-corrected chi connectivity index (χ1v) is 8.33. The van der Waals surface area contributed by atoms with Gasteiger partial charge in [0.2, 0.25) is 0 Å². The first-order valence-electron chi connectivity index (χ1n) is 8.33. The van der Waals surface area contributed by atoms with E-state index in [0.29, 0.717) is 26.2 Å². The SMILES string of the molecule is N#CC(c1ccccc1)N1CCN(C(=O)c2ccccc2[N+](=O)[O-])CC1. The van der Waals surface area contributed by atoms with Gasteiger partial charge in [0.05, 0.1) is 11.0 Å². The zero-order valence-corrected chi connectivity index (χ0v) is 14.1. The molecule has 0 radical (unpaired) electrons. The summed E-state index contributed by atoms with van der Waals surface area (Å²) in [5.41, 5.74) is 0.846. The Bertz CT molecular complexity index is 839. The average molecular weight is 350 g/mol. The zero-order chi connectivity index (χ0) is 18.5. The van der Waals surface area contributed by atoms with Crippen LogP contribution in [0.4, 0.5) is 5.69 Å². The highest BCUT2D eigenvalue weighted by Gasteiger charge is 2.30. The number of benzene rings is 2. The topological polar surface area (TPSA) is 90.5 Å². The zero-order valence-electron chi connectivity index (χ0n) is 14.1. The van der Waals surface area contributed by atoms with Gasteiger partial charge in [-0.3, -0.25) is 19.8 Å². The molecule has 1 unspecified atom stereocenters. The summed E-state index contributed by atoms with van der Waals surface area (Å²) < 4.78 is 0. The maximum absolute atomic E-state index is 12.7. The lowest BCUT2D eigenvalue weighted by molar-refractivity contribution is -0.385. The maximum Gasteiger partial charge on any atom is 0.282 e. The minimum atomic E-state index is -0.537. The molecular weight excluding hydrogens is 332 g/mol. The van der Waals surface area contributed by atoms with Crippen LogP contribution in [0, 0.1) is 21.4 Å². The lowest BCUT2D eigenvalue weighted by Crippen LogP contribution is -2.49. The van der Waals surface area contributed by atoms with Gasteiger partial charge in [-0.15, -0.1) is 0 Å². The van der Waals surface area contributed by atoms with E-state index in [4.69, 9.17) is 0 Å². The van der Waals surface area contributed by atoms with Crippen LogP contribution in [0.1, 0.15) is 22.0 Å². The fourth-order valence-electron chi connectivity index (χ4n) is 3.17. The second kappa shape index (κ2) is 7.76. The summed E-state index contributed by atoms with van der Waals surface area (Å²) in [6, 6.07) is 17.5. The largest absolute Gasteiger partial charge is 0.336 e. The highest BCUT2D eigenvalue weighted by atomic mass is 16.6. The number of nitro benzene ring substituents is 1. The first-order chi connectivity index (χ1) is 12.6. The molecule has 0 spiro atoms. The third-order valence-corrected chi connectivity index (χ3v) is 4.54. The molecule has 1 amide bonds. The van der Waals surface area contributed by atoms with Crippen molar-refractivity contribution in [2.75, 3.05) is 26.2 Å². The van der Waals surface area contributed by atoms with Gasteiger partial charge in [-0.2, -0.15) is 5.26 Å². The Balaban J connectivity index is 1.70. The third kappa shape index (κ3) is 3.55. The second-order valence-electron chi connectivity index (χ2n) is 6.04. The number of nitro groups is 1. The molecule has 2 aromatic carbocycles. The van der Waals surface area contributed by atoms with E-state index in [1.165, 1.54) is 12.1 Å². The van der Waals surface area contributed by atoms with Gasteiger partial charge >= 0.3 is 0 Å². The second-order valence-corrected chi connectivity index (χ2v) is 6.04.